The van der Waals surface area contributed by atoms with E-state index in [-0.39, 0.29) is 11.4 Å². The van der Waals surface area contributed by atoms with Gasteiger partial charge in [0.2, 0.25) is 0 Å². The first kappa shape index (κ1) is 16.3. The van der Waals surface area contributed by atoms with Gasteiger partial charge in [0.1, 0.15) is 0 Å². The third-order valence-corrected chi connectivity index (χ3v) is 2.63. The second-order valence-corrected chi connectivity index (χ2v) is 5.78. The van der Waals surface area contributed by atoms with Gasteiger partial charge in [-0.05, 0) is 32.9 Å². The van der Waals surface area contributed by atoms with Crippen molar-refractivity contribution in [1.29, 1.82) is 0 Å². The van der Waals surface area contributed by atoms with E-state index in [1.54, 1.807) is 24.3 Å². The van der Waals surface area contributed by atoms with Gasteiger partial charge in [-0.1, -0.05) is 23.7 Å². The van der Waals surface area contributed by atoms with Crippen molar-refractivity contribution in [1.82, 2.24) is 10.6 Å². The fraction of sp³-hybridized carbons (Fsp3) is 0.429. The van der Waals surface area contributed by atoms with Crippen molar-refractivity contribution in [2.45, 2.75) is 26.3 Å². The van der Waals surface area contributed by atoms with Crippen molar-refractivity contribution in [2.75, 3.05) is 13.1 Å². The number of benzene rings is 1. The van der Waals surface area contributed by atoms with E-state index in [0.29, 0.717) is 29.6 Å². The molecule has 0 unspecified atom stereocenters. The molecule has 0 aliphatic carbocycles. The number of hydrogen-bond donors (Lipinski definition) is 3. The van der Waals surface area contributed by atoms with Crippen LogP contribution in [0.5, 0.6) is 0 Å². The lowest BCUT2D eigenvalue weighted by atomic mass is 10.1. The molecule has 1 amide bonds. The highest BCUT2D eigenvalue weighted by Gasteiger charge is 2.10. The van der Waals surface area contributed by atoms with E-state index >= 15 is 0 Å². The molecule has 0 saturated carbocycles. The highest BCUT2D eigenvalue weighted by atomic mass is 35.5. The summed E-state index contributed by atoms with van der Waals surface area (Å²) in [5.74, 6) is 0.151. The van der Waals surface area contributed by atoms with Crippen LogP contribution < -0.4 is 16.4 Å². The van der Waals surface area contributed by atoms with Crippen molar-refractivity contribution < 1.29 is 4.79 Å². The zero-order chi connectivity index (χ0) is 15.2. The second kappa shape index (κ2) is 7.14. The van der Waals surface area contributed by atoms with E-state index in [9.17, 15) is 4.79 Å². The number of nitrogens with zero attached hydrogens (tertiary/aromatic N) is 1. The maximum absolute atomic E-state index is 11.8. The van der Waals surface area contributed by atoms with Crippen LogP contribution in [-0.4, -0.2) is 30.5 Å². The molecule has 0 heterocycles. The summed E-state index contributed by atoms with van der Waals surface area (Å²) in [6.07, 6.45) is 0. The van der Waals surface area contributed by atoms with Gasteiger partial charge in [-0.3, -0.25) is 9.79 Å². The molecule has 1 aromatic carbocycles. The molecule has 0 saturated heterocycles. The Morgan fingerprint density at radius 1 is 1.35 bits per heavy atom. The molecule has 6 heteroatoms. The van der Waals surface area contributed by atoms with Gasteiger partial charge in [-0.25, -0.2) is 0 Å². The largest absolute Gasteiger partial charge is 0.370 e. The number of rotatable bonds is 4. The van der Waals surface area contributed by atoms with Crippen molar-refractivity contribution in [3.8, 4) is 0 Å². The maximum atomic E-state index is 11.8. The van der Waals surface area contributed by atoms with Crippen LogP contribution >= 0.6 is 11.6 Å². The van der Waals surface area contributed by atoms with E-state index in [0.717, 1.165) is 0 Å². The minimum atomic E-state index is -0.215. The Kier molecular flexibility index (Phi) is 5.82. The number of nitrogens with two attached hydrogens (primary N) is 1. The van der Waals surface area contributed by atoms with Gasteiger partial charge in [-0.2, -0.15) is 0 Å². The zero-order valence-corrected chi connectivity index (χ0v) is 12.8. The zero-order valence-electron chi connectivity index (χ0n) is 12.0. The lowest BCUT2D eigenvalue weighted by Crippen LogP contribution is -2.45. The molecule has 20 heavy (non-hydrogen) atoms. The van der Waals surface area contributed by atoms with Crippen LogP contribution in [0.4, 0.5) is 0 Å². The minimum absolute atomic E-state index is 0.131. The van der Waals surface area contributed by atoms with E-state index < -0.39 is 0 Å². The van der Waals surface area contributed by atoms with E-state index in [2.05, 4.69) is 15.6 Å². The second-order valence-electron chi connectivity index (χ2n) is 5.38. The molecular formula is C14H21ClN4O. The number of amides is 1. The van der Waals surface area contributed by atoms with E-state index in [1.165, 1.54) is 0 Å². The van der Waals surface area contributed by atoms with Gasteiger partial charge in [0, 0.05) is 12.1 Å². The summed E-state index contributed by atoms with van der Waals surface area (Å²) in [7, 11) is 0. The summed E-state index contributed by atoms with van der Waals surface area (Å²) >= 11 is 5.94. The monoisotopic (exact) mass is 296 g/mol. The van der Waals surface area contributed by atoms with Crippen LogP contribution in [0.15, 0.2) is 29.3 Å². The Morgan fingerprint density at radius 2 is 2.00 bits per heavy atom. The van der Waals surface area contributed by atoms with Crippen LogP contribution in [-0.2, 0) is 0 Å². The summed E-state index contributed by atoms with van der Waals surface area (Å²) < 4.78 is 0. The molecule has 0 aliphatic heterocycles. The average molecular weight is 297 g/mol. The number of hydrogen-bond acceptors (Lipinski definition) is 2. The highest BCUT2D eigenvalue weighted by molar-refractivity contribution is 6.33. The van der Waals surface area contributed by atoms with Gasteiger partial charge in [-0.15, -0.1) is 0 Å². The SMILES string of the molecule is CC(C)(C)NC(N)=NCCNC(=O)c1ccccc1Cl. The summed E-state index contributed by atoms with van der Waals surface area (Å²) in [6, 6.07) is 6.91. The lowest BCUT2D eigenvalue weighted by molar-refractivity contribution is 0.0955. The molecule has 0 aromatic heterocycles. The fourth-order valence-corrected chi connectivity index (χ4v) is 1.73. The molecule has 0 spiro atoms. The molecule has 110 valence electrons. The molecule has 0 aliphatic rings. The summed E-state index contributed by atoms with van der Waals surface area (Å²) in [4.78, 5) is 16.0. The third kappa shape index (κ3) is 5.93. The Hall–Kier alpha value is -1.75. The number of carbonyl (C=O) groups is 1. The first-order valence-electron chi connectivity index (χ1n) is 6.40. The van der Waals surface area contributed by atoms with Crippen LogP contribution in [0.1, 0.15) is 31.1 Å². The van der Waals surface area contributed by atoms with Crippen LogP contribution in [0.2, 0.25) is 5.02 Å². The molecule has 4 N–H and O–H groups in total. The van der Waals surface area contributed by atoms with Crippen LogP contribution in [0, 0.1) is 0 Å². The molecule has 0 atom stereocenters. The quantitative estimate of drug-likeness (QED) is 0.450. The predicted octanol–water partition coefficient (Wildman–Crippen LogP) is 1.77. The summed E-state index contributed by atoms with van der Waals surface area (Å²) in [5.41, 5.74) is 6.04. The van der Waals surface area contributed by atoms with Gasteiger partial charge in [0.15, 0.2) is 5.96 Å². The van der Waals surface area contributed by atoms with Crippen molar-refractivity contribution in [3.63, 3.8) is 0 Å². The average Bonchev–Trinajstić information content (AvgIpc) is 2.33. The maximum Gasteiger partial charge on any atom is 0.252 e. The van der Waals surface area contributed by atoms with Gasteiger partial charge in [0.25, 0.3) is 5.91 Å². The molecule has 0 bridgehead atoms. The van der Waals surface area contributed by atoms with Crippen LogP contribution in [0.25, 0.3) is 0 Å². The molecule has 5 nitrogen and oxygen atoms in total. The Labute approximate surface area is 124 Å². The molecule has 1 rings (SSSR count). The smallest absolute Gasteiger partial charge is 0.252 e. The van der Waals surface area contributed by atoms with E-state index in [4.69, 9.17) is 17.3 Å². The van der Waals surface area contributed by atoms with Crippen LogP contribution in [0.3, 0.4) is 0 Å². The Morgan fingerprint density at radius 3 is 2.60 bits per heavy atom. The minimum Gasteiger partial charge on any atom is -0.370 e. The Balaban J connectivity index is 2.40. The fourth-order valence-electron chi connectivity index (χ4n) is 1.51. The highest BCUT2D eigenvalue weighted by Crippen LogP contribution is 2.14. The first-order valence-corrected chi connectivity index (χ1v) is 6.78. The third-order valence-electron chi connectivity index (χ3n) is 2.30. The Bertz CT molecular complexity index is 494. The first-order chi connectivity index (χ1) is 9.29. The van der Waals surface area contributed by atoms with Crippen molar-refractivity contribution >= 4 is 23.5 Å². The predicted molar refractivity (Wildman–Crippen MR) is 83.2 cm³/mol. The number of aliphatic imine (C=N–C) groups is 1. The molecule has 1 aromatic rings. The van der Waals surface area contributed by atoms with Crippen molar-refractivity contribution in [2.24, 2.45) is 10.7 Å². The molecule has 0 fully saturated rings. The normalized spacial score (nSPS) is 12.1. The number of nitrogens with one attached hydrogen (secondary N) is 2. The number of halogens is 1. The summed E-state index contributed by atoms with van der Waals surface area (Å²) in [6.45, 7) is 6.79. The van der Waals surface area contributed by atoms with Gasteiger partial charge < -0.3 is 16.4 Å². The number of guanidine groups is 1. The van der Waals surface area contributed by atoms with Crippen molar-refractivity contribution in [3.05, 3.63) is 34.9 Å². The number of carbonyl (C=O) groups excluding carboxylic acids is 1. The lowest BCUT2D eigenvalue weighted by Gasteiger charge is -2.20. The topological polar surface area (TPSA) is 79.5 Å². The molecule has 0 radical (unpaired) electrons. The summed E-state index contributed by atoms with van der Waals surface area (Å²) in [5, 5.41) is 6.22. The van der Waals surface area contributed by atoms with Gasteiger partial charge in [0.05, 0.1) is 17.1 Å². The van der Waals surface area contributed by atoms with E-state index in [1.807, 2.05) is 20.8 Å². The van der Waals surface area contributed by atoms with Gasteiger partial charge >= 0.3 is 0 Å². The standard InChI is InChI=1S/C14H21ClN4O/c1-14(2,3)19-13(16)18-9-8-17-12(20)10-6-4-5-7-11(10)15/h4-7H,8-9H2,1-3H3,(H,17,20)(H3,16,18,19). The molecular weight excluding hydrogens is 276 g/mol.